The van der Waals surface area contributed by atoms with Crippen molar-refractivity contribution in [2.24, 2.45) is 0 Å². The van der Waals surface area contributed by atoms with Crippen molar-refractivity contribution in [3.05, 3.63) is 24.5 Å². The molecule has 0 amide bonds. The first-order chi connectivity index (χ1) is 5.87. The summed E-state index contributed by atoms with van der Waals surface area (Å²) in [5.74, 6) is 0.743. The molecule has 0 aliphatic rings. The Hall–Kier alpha value is -0.833. The summed E-state index contributed by atoms with van der Waals surface area (Å²) in [6, 6.07) is 0.899. The van der Waals surface area contributed by atoms with Gasteiger partial charge in [-0.25, -0.2) is 0 Å². The van der Waals surface area contributed by atoms with Crippen LogP contribution in [0.4, 0.5) is 0 Å². The van der Waals surface area contributed by atoms with Crippen LogP contribution in [0.1, 0.15) is 13.8 Å². The van der Waals surface area contributed by atoms with Crippen LogP contribution >= 0.6 is 0 Å². The van der Waals surface area contributed by atoms with Crippen LogP contribution in [0.2, 0.25) is 19.1 Å². The van der Waals surface area contributed by atoms with Crippen LogP contribution in [0.25, 0.3) is 0 Å². The zero-order chi connectivity index (χ0) is 10.5. The lowest BCUT2D eigenvalue weighted by Crippen LogP contribution is -2.28. The van der Waals surface area contributed by atoms with E-state index in [2.05, 4.69) is 19.7 Å². The Bertz CT molecular complexity index is 229. The Morgan fingerprint density at radius 3 is 2.38 bits per heavy atom. The molecular weight excluding hydrogens is 180 g/mol. The van der Waals surface area contributed by atoms with Gasteiger partial charge in [-0.15, -0.1) is 6.58 Å². The lowest BCUT2D eigenvalue weighted by atomic mass is 10.4. The molecule has 13 heavy (non-hydrogen) atoms. The van der Waals surface area contributed by atoms with E-state index in [1.807, 2.05) is 13.0 Å². The average Bonchev–Trinajstić information content (AvgIpc) is 1.81. The number of rotatable bonds is 5. The highest BCUT2D eigenvalue weighted by atomic mass is 28.4. The number of hydrogen-bond acceptors (Lipinski definition) is 2. The van der Waals surface area contributed by atoms with Crippen molar-refractivity contribution in [3.63, 3.8) is 0 Å². The van der Waals surface area contributed by atoms with Crippen LogP contribution in [0, 0.1) is 0 Å². The highest BCUT2D eigenvalue weighted by Crippen LogP contribution is 2.15. The van der Waals surface area contributed by atoms with Crippen LogP contribution in [0.15, 0.2) is 24.5 Å². The molecule has 0 aromatic carbocycles. The molecule has 3 heteroatoms. The van der Waals surface area contributed by atoms with Crippen LogP contribution in [-0.4, -0.2) is 14.1 Å². The maximum Gasteiger partial charge on any atom is 0.248 e. The van der Waals surface area contributed by atoms with Crippen LogP contribution < -0.4 is 0 Å². The van der Waals surface area contributed by atoms with Gasteiger partial charge < -0.3 is 4.43 Å². The van der Waals surface area contributed by atoms with E-state index in [0.29, 0.717) is 5.76 Å². The molecule has 0 unspecified atom stereocenters. The topological polar surface area (TPSA) is 26.3 Å². The molecule has 0 spiro atoms. The fourth-order valence-corrected chi connectivity index (χ4v) is 2.85. The summed E-state index contributed by atoms with van der Waals surface area (Å²) >= 11 is 0. The van der Waals surface area contributed by atoms with Crippen molar-refractivity contribution in [1.29, 1.82) is 0 Å². The van der Waals surface area contributed by atoms with Gasteiger partial charge in [0.15, 0.2) is 5.78 Å². The van der Waals surface area contributed by atoms with E-state index in [0.717, 1.165) is 6.04 Å². The molecule has 0 saturated carbocycles. The van der Waals surface area contributed by atoms with E-state index < -0.39 is 8.32 Å². The van der Waals surface area contributed by atoms with Crippen molar-refractivity contribution < 1.29 is 9.22 Å². The van der Waals surface area contributed by atoms with E-state index in [1.54, 1.807) is 0 Å². The van der Waals surface area contributed by atoms with Crippen LogP contribution in [0.3, 0.4) is 0 Å². The van der Waals surface area contributed by atoms with E-state index in [9.17, 15) is 4.79 Å². The predicted octanol–water partition coefficient (Wildman–Crippen LogP) is 2.89. The first kappa shape index (κ1) is 12.2. The minimum Gasteiger partial charge on any atom is -0.547 e. The molecule has 0 N–H and O–H groups in total. The number of carbonyl (C=O) groups is 1. The van der Waals surface area contributed by atoms with Gasteiger partial charge in [0.25, 0.3) is 0 Å². The highest BCUT2D eigenvalue weighted by molar-refractivity contribution is 6.71. The van der Waals surface area contributed by atoms with E-state index in [4.69, 9.17) is 4.43 Å². The maximum absolute atomic E-state index is 10.7. The van der Waals surface area contributed by atoms with Crippen molar-refractivity contribution in [1.82, 2.24) is 0 Å². The highest BCUT2D eigenvalue weighted by Gasteiger charge is 2.22. The normalized spacial score (nSPS) is 12.5. The molecule has 0 aliphatic carbocycles. The quantitative estimate of drug-likeness (QED) is 0.294. The lowest BCUT2D eigenvalue weighted by molar-refractivity contribution is -0.112. The fraction of sp³-hybridized carbons (Fsp3) is 0.500. The van der Waals surface area contributed by atoms with E-state index in [1.165, 1.54) is 13.0 Å². The third-order valence-electron chi connectivity index (χ3n) is 1.48. The molecule has 74 valence electrons. The zero-order valence-electron chi connectivity index (χ0n) is 8.89. The van der Waals surface area contributed by atoms with Gasteiger partial charge in [0.05, 0.1) is 5.76 Å². The molecule has 0 atom stereocenters. The molecule has 0 saturated heterocycles. The standard InChI is InChI=1S/C10H18O2Si/c1-6-7-13(4,5)12-10(3)8-9(2)11/h6,8H,1,7H2,2-5H3/b10-8+. The molecule has 0 aliphatic heterocycles. The summed E-state index contributed by atoms with van der Waals surface area (Å²) in [5, 5.41) is 0. The molecule has 0 bridgehead atoms. The molecule has 0 heterocycles. The van der Waals surface area contributed by atoms with E-state index in [-0.39, 0.29) is 5.78 Å². The molecule has 2 nitrogen and oxygen atoms in total. The van der Waals surface area contributed by atoms with Crippen molar-refractivity contribution in [2.45, 2.75) is 33.0 Å². The third kappa shape index (κ3) is 6.34. The Kier molecular flexibility index (Phi) is 4.70. The molecule has 0 aromatic heterocycles. The summed E-state index contributed by atoms with van der Waals surface area (Å²) in [7, 11) is -1.67. The van der Waals surface area contributed by atoms with Gasteiger partial charge >= 0.3 is 0 Å². The second-order valence-corrected chi connectivity index (χ2v) is 7.85. The maximum atomic E-state index is 10.7. The van der Waals surface area contributed by atoms with Crippen LogP contribution in [-0.2, 0) is 9.22 Å². The molecule has 0 radical (unpaired) electrons. The van der Waals surface area contributed by atoms with Gasteiger partial charge in [-0.05, 0) is 33.0 Å². The smallest absolute Gasteiger partial charge is 0.248 e. The Morgan fingerprint density at radius 2 is 2.00 bits per heavy atom. The SMILES string of the molecule is C=CC[Si](C)(C)O/C(C)=C/C(C)=O. The largest absolute Gasteiger partial charge is 0.547 e. The second-order valence-electron chi connectivity index (χ2n) is 3.72. The van der Waals surface area contributed by atoms with Gasteiger partial charge in [0.1, 0.15) is 0 Å². The molecule has 0 fully saturated rings. The Morgan fingerprint density at radius 1 is 1.46 bits per heavy atom. The molecule has 0 aromatic rings. The number of carbonyl (C=O) groups excluding carboxylic acids is 1. The fourth-order valence-electron chi connectivity index (χ4n) is 1.14. The van der Waals surface area contributed by atoms with Gasteiger partial charge in [0.2, 0.25) is 8.32 Å². The number of allylic oxidation sites excluding steroid dienone is 3. The third-order valence-corrected chi connectivity index (χ3v) is 3.63. The molecular formula is C10H18O2Si. The Labute approximate surface area is 81.4 Å². The average molecular weight is 198 g/mol. The minimum absolute atomic E-state index is 0.0286. The summed E-state index contributed by atoms with van der Waals surface area (Å²) in [6.45, 7) is 11.2. The summed E-state index contributed by atoms with van der Waals surface area (Å²) in [5.41, 5.74) is 0. The lowest BCUT2D eigenvalue weighted by Gasteiger charge is -2.22. The van der Waals surface area contributed by atoms with Gasteiger partial charge in [-0.3, -0.25) is 4.79 Å². The minimum atomic E-state index is -1.67. The van der Waals surface area contributed by atoms with Gasteiger partial charge in [-0.2, -0.15) is 0 Å². The molecule has 0 rings (SSSR count). The van der Waals surface area contributed by atoms with Crippen molar-refractivity contribution in [3.8, 4) is 0 Å². The zero-order valence-corrected chi connectivity index (χ0v) is 9.89. The predicted molar refractivity (Wildman–Crippen MR) is 58.0 cm³/mol. The van der Waals surface area contributed by atoms with Crippen molar-refractivity contribution >= 4 is 14.1 Å². The summed E-state index contributed by atoms with van der Waals surface area (Å²) in [4.78, 5) is 10.7. The number of hydrogen-bond donors (Lipinski definition) is 0. The first-order valence-corrected chi connectivity index (χ1v) is 7.48. The van der Waals surface area contributed by atoms with Gasteiger partial charge in [0, 0.05) is 6.08 Å². The first-order valence-electron chi connectivity index (χ1n) is 4.36. The Balaban J connectivity index is 4.25. The van der Waals surface area contributed by atoms with Gasteiger partial charge in [-0.1, -0.05) is 6.08 Å². The summed E-state index contributed by atoms with van der Waals surface area (Å²) in [6.07, 6.45) is 3.39. The van der Waals surface area contributed by atoms with Crippen LogP contribution in [0.5, 0.6) is 0 Å². The monoisotopic (exact) mass is 198 g/mol. The van der Waals surface area contributed by atoms with E-state index >= 15 is 0 Å². The summed E-state index contributed by atoms with van der Waals surface area (Å²) < 4.78 is 5.70. The number of ketones is 1. The second kappa shape index (κ2) is 5.02. The van der Waals surface area contributed by atoms with Crippen molar-refractivity contribution in [2.75, 3.05) is 0 Å².